The fourth-order valence-corrected chi connectivity index (χ4v) is 4.21. The van der Waals surface area contributed by atoms with Gasteiger partial charge in [-0.2, -0.15) is 11.8 Å². The highest BCUT2D eigenvalue weighted by atomic mass is 32.2. The average Bonchev–Trinajstić information content (AvgIpc) is 3.12. The van der Waals surface area contributed by atoms with Gasteiger partial charge in [-0.05, 0) is 24.0 Å². The summed E-state index contributed by atoms with van der Waals surface area (Å²) in [5, 5.41) is 0. The molecule has 0 fully saturated rings. The van der Waals surface area contributed by atoms with E-state index in [0.717, 1.165) is 41.7 Å². The molecule has 1 aliphatic heterocycles. The van der Waals surface area contributed by atoms with Gasteiger partial charge in [0.2, 0.25) is 0 Å². The molecular weight excluding hydrogens is 268 g/mol. The molecule has 5 heteroatoms. The van der Waals surface area contributed by atoms with Crippen molar-refractivity contribution in [3.8, 4) is 0 Å². The molecule has 0 amide bonds. The first-order valence-electron chi connectivity index (χ1n) is 6.88. The van der Waals surface area contributed by atoms with Crippen LogP contribution in [0.15, 0.2) is 24.3 Å². The lowest BCUT2D eigenvalue weighted by molar-refractivity contribution is 0.722. The quantitative estimate of drug-likeness (QED) is 0.655. The van der Waals surface area contributed by atoms with Crippen molar-refractivity contribution >= 4 is 17.6 Å². The van der Waals surface area contributed by atoms with Crippen LogP contribution in [0.25, 0.3) is 0 Å². The van der Waals surface area contributed by atoms with Crippen LogP contribution in [-0.2, 0) is 17.9 Å². The van der Waals surface area contributed by atoms with Crippen molar-refractivity contribution in [1.82, 2.24) is 9.97 Å². The van der Waals surface area contributed by atoms with Crippen molar-refractivity contribution in [3.05, 3.63) is 52.5 Å². The van der Waals surface area contributed by atoms with Crippen molar-refractivity contribution in [2.75, 3.05) is 5.43 Å². The largest absolute Gasteiger partial charge is 0.308 e. The first-order valence-corrected chi connectivity index (χ1v) is 8.04. The van der Waals surface area contributed by atoms with Gasteiger partial charge >= 0.3 is 0 Å². The van der Waals surface area contributed by atoms with Gasteiger partial charge in [-0.3, -0.25) is 0 Å². The Bertz CT molecular complexity index is 671. The summed E-state index contributed by atoms with van der Waals surface area (Å²) in [4.78, 5) is 9.50. The lowest BCUT2D eigenvalue weighted by atomic mass is 10.0. The molecule has 20 heavy (non-hydrogen) atoms. The number of aromatic nitrogens is 2. The van der Waals surface area contributed by atoms with Crippen LogP contribution in [-0.4, -0.2) is 9.97 Å². The molecule has 3 N–H and O–H groups in total. The van der Waals surface area contributed by atoms with Gasteiger partial charge in [0.15, 0.2) is 0 Å². The number of fused-ring (bicyclic) bond motifs is 2. The Labute approximate surface area is 122 Å². The van der Waals surface area contributed by atoms with Crippen LogP contribution in [0.1, 0.15) is 40.5 Å². The topological polar surface area (TPSA) is 63.8 Å². The minimum Gasteiger partial charge on any atom is -0.308 e. The number of thioether (sulfide) groups is 1. The summed E-state index contributed by atoms with van der Waals surface area (Å²) in [6, 6.07) is 8.62. The van der Waals surface area contributed by atoms with E-state index in [9.17, 15) is 0 Å². The molecule has 0 saturated carbocycles. The number of anilines is 1. The molecule has 1 unspecified atom stereocenters. The van der Waals surface area contributed by atoms with Gasteiger partial charge in [0.1, 0.15) is 11.6 Å². The monoisotopic (exact) mass is 284 g/mol. The van der Waals surface area contributed by atoms with E-state index in [1.807, 2.05) is 11.8 Å². The zero-order valence-corrected chi connectivity index (χ0v) is 11.9. The lowest BCUT2D eigenvalue weighted by Gasteiger charge is -2.14. The Balaban J connectivity index is 1.81. The van der Waals surface area contributed by atoms with E-state index in [0.29, 0.717) is 5.92 Å². The Morgan fingerprint density at radius 2 is 2.10 bits per heavy atom. The van der Waals surface area contributed by atoms with Gasteiger partial charge in [-0.25, -0.2) is 15.8 Å². The van der Waals surface area contributed by atoms with Crippen molar-refractivity contribution in [2.45, 2.75) is 30.3 Å². The summed E-state index contributed by atoms with van der Waals surface area (Å²) in [7, 11) is 0. The molecule has 1 aromatic heterocycles. The normalized spacial score (nSPS) is 19.8. The number of benzene rings is 1. The van der Waals surface area contributed by atoms with Crippen LogP contribution in [0.4, 0.5) is 5.82 Å². The van der Waals surface area contributed by atoms with E-state index in [-0.39, 0.29) is 0 Å². The Morgan fingerprint density at radius 1 is 1.20 bits per heavy atom. The molecule has 2 aliphatic rings. The molecule has 4 rings (SSSR count). The zero-order valence-electron chi connectivity index (χ0n) is 11.1. The van der Waals surface area contributed by atoms with Gasteiger partial charge in [-0.15, -0.1) is 0 Å². The van der Waals surface area contributed by atoms with Crippen LogP contribution in [0, 0.1) is 0 Å². The maximum Gasteiger partial charge on any atom is 0.148 e. The molecule has 0 saturated heterocycles. The lowest BCUT2D eigenvalue weighted by Crippen LogP contribution is -2.15. The third-order valence-electron chi connectivity index (χ3n) is 4.18. The molecule has 2 heterocycles. The minimum atomic E-state index is 0.314. The predicted molar refractivity (Wildman–Crippen MR) is 81.4 cm³/mol. The van der Waals surface area contributed by atoms with Crippen molar-refractivity contribution in [3.63, 3.8) is 0 Å². The standard InChI is InChI=1S/C15H16N4S/c16-19-15-12-7-20-8-13(12)17-14(18-15)11-6-5-9-3-1-2-4-10(9)11/h1-4,11H,5-8,16H2,(H,17,18,19). The highest BCUT2D eigenvalue weighted by Gasteiger charge is 2.28. The van der Waals surface area contributed by atoms with E-state index in [2.05, 4.69) is 34.7 Å². The van der Waals surface area contributed by atoms with Gasteiger partial charge in [0, 0.05) is 23.0 Å². The molecule has 1 aromatic carbocycles. The molecule has 0 radical (unpaired) electrons. The van der Waals surface area contributed by atoms with Gasteiger partial charge in [0.25, 0.3) is 0 Å². The van der Waals surface area contributed by atoms with Crippen molar-refractivity contribution in [1.29, 1.82) is 0 Å². The van der Waals surface area contributed by atoms with Crippen molar-refractivity contribution < 1.29 is 0 Å². The molecule has 2 aromatic rings. The highest BCUT2D eigenvalue weighted by Crippen LogP contribution is 2.39. The molecule has 0 bridgehead atoms. The number of hydrazine groups is 1. The molecule has 102 valence electrons. The Morgan fingerprint density at radius 3 is 3.00 bits per heavy atom. The van der Waals surface area contributed by atoms with E-state index < -0.39 is 0 Å². The smallest absolute Gasteiger partial charge is 0.148 e. The molecule has 4 nitrogen and oxygen atoms in total. The number of nitrogens with one attached hydrogen (secondary N) is 1. The maximum atomic E-state index is 5.64. The van der Waals surface area contributed by atoms with Crippen LogP contribution in [0.3, 0.4) is 0 Å². The van der Waals surface area contributed by atoms with Crippen LogP contribution in [0.5, 0.6) is 0 Å². The number of hydrogen-bond donors (Lipinski definition) is 2. The molecule has 1 atom stereocenters. The molecule has 0 spiro atoms. The second kappa shape index (κ2) is 4.75. The van der Waals surface area contributed by atoms with Crippen LogP contribution in [0.2, 0.25) is 0 Å². The molecule has 1 aliphatic carbocycles. The first kappa shape index (κ1) is 12.2. The highest BCUT2D eigenvalue weighted by molar-refractivity contribution is 7.98. The van der Waals surface area contributed by atoms with Gasteiger partial charge < -0.3 is 5.43 Å². The fraction of sp³-hybridized carbons (Fsp3) is 0.333. The summed E-state index contributed by atoms with van der Waals surface area (Å²) in [5.41, 5.74) is 7.88. The Hall–Kier alpha value is -1.59. The van der Waals surface area contributed by atoms with Gasteiger partial charge in [0.05, 0.1) is 5.69 Å². The summed E-state index contributed by atoms with van der Waals surface area (Å²) in [5.74, 6) is 9.60. The van der Waals surface area contributed by atoms with Crippen LogP contribution >= 0.6 is 11.8 Å². The summed E-state index contributed by atoms with van der Waals surface area (Å²) < 4.78 is 0. The second-order valence-corrected chi connectivity index (χ2v) is 6.27. The van der Waals surface area contributed by atoms with E-state index in [1.165, 1.54) is 16.7 Å². The second-order valence-electron chi connectivity index (χ2n) is 5.28. The van der Waals surface area contributed by atoms with E-state index in [1.54, 1.807) is 0 Å². The van der Waals surface area contributed by atoms with Crippen molar-refractivity contribution in [2.24, 2.45) is 5.84 Å². The number of aryl methyl sites for hydroxylation is 1. The predicted octanol–water partition coefficient (Wildman–Crippen LogP) is 2.59. The Kier molecular flexibility index (Phi) is 2.89. The summed E-state index contributed by atoms with van der Waals surface area (Å²) >= 11 is 1.87. The third kappa shape index (κ3) is 1.81. The SMILES string of the molecule is NNc1nc(C2CCc3ccccc32)nc2c1CSC2. The average molecular weight is 284 g/mol. The number of hydrogen-bond acceptors (Lipinski definition) is 5. The number of nitrogen functional groups attached to an aromatic ring is 1. The number of nitrogens with two attached hydrogens (primary N) is 1. The minimum absolute atomic E-state index is 0.314. The summed E-state index contributed by atoms with van der Waals surface area (Å²) in [6.45, 7) is 0. The zero-order chi connectivity index (χ0) is 13.5. The number of nitrogens with zero attached hydrogens (tertiary/aromatic N) is 2. The number of rotatable bonds is 2. The van der Waals surface area contributed by atoms with E-state index in [4.69, 9.17) is 10.8 Å². The van der Waals surface area contributed by atoms with Gasteiger partial charge in [-0.1, -0.05) is 24.3 Å². The first-order chi connectivity index (χ1) is 9.86. The molecular formula is C15H16N4S. The van der Waals surface area contributed by atoms with E-state index >= 15 is 0 Å². The third-order valence-corrected chi connectivity index (χ3v) is 5.15. The fourth-order valence-electron chi connectivity index (χ4n) is 3.17. The maximum absolute atomic E-state index is 5.64. The summed E-state index contributed by atoms with van der Waals surface area (Å²) in [6.07, 6.45) is 2.21. The van der Waals surface area contributed by atoms with Crippen LogP contribution < -0.4 is 11.3 Å².